The van der Waals surface area contributed by atoms with Gasteiger partial charge in [0.2, 0.25) is 0 Å². The molecule has 1 aliphatic rings. The number of amides is 1. The number of aromatic nitrogens is 1. The van der Waals surface area contributed by atoms with E-state index in [1.165, 1.54) is 11.3 Å². The van der Waals surface area contributed by atoms with E-state index in [9.17, 15) is 4.79 Å². The van der Waals surface area contributed by atoms with Crippen LogP contribution in [-0.2, 0) is 4.74 Å². The van der Waals surface area contributed by atoms with Gasteiger partial charge in [0.05, 0.1) is 27.9 Å². The van der Waals surface area contributed by atoms with E-state index in [1.54, 1.807) is 4.90 Å². The highest BCUT2D eigenvalue weighted by molar-refractivity contribution is 7.23. The van der Waals surface area contributed by atoms with Gasteiger partial charge < -0.3 is 4.74 Å². The van der Waals surface area contributed by atoms with Gasteiger partial charge in [0.25, 0.3) is 5.91 Å². The van der Waals surface area contributed by atoms with Gasteiger partial charge in [-0.15, -0.1) is 0 Å². The van der Waals surface area contributed by atoms with E-state index < -0.39 is 0 Å². The molecule has 1 aliphatic heterocycles. The van der Waals surface area contributed by atoms with E-state index >= 15 is 0 Å². The Morgan fingerprint density at radius 1 is 1.20 bits per heavy atom. The largest absolute Gasteiger partial charge is 0.376 e. The first-order valence-electron chi connectivity index (χ1n) is 10.1. The van der Waals surface area contributed by atoms with Crippen LogP contribution in [0.5, 0.6) is 0 Å². The van der Waals surface area contributed by atoms with Crippen LogP contribution in [-0.4, -0.2) is 30.1 Å². The van der Waals surface area contributed by atoms with Gasteiger partial charge in [-0.25, -0.2) is 4.98 Å². The minimum atomic E-state index is -0.0601. The maximum atomic E-state index is 13.8. The van der Waals surface area contributed by atoms with Crippen LogP contribution in [0, 0.1) is 6.92 Å². The Bertz CT molecular complexity index is 1200. The first-order valence-corrected chi connectivity index (χ1v) is 11.3. The van der Waals surface area contributed by atoms with Gasteiger partial charge in [-0.2, -0.15) is 0 Å². The Labute approximate surface area is 184 Å². The monoisotopic (exact) mass is 436 g/mol. The fourth-order valence-electron chi connectivity index (χ4n) is 4.00. The smallest absolute Gasteiger partial charge is 0.260 e. The first-order chi connectivity index (χ1) is 14.6. The summed E-state index contributed by atoms with van der Waals surface area (Å²) in [5, 5.41) is 3.31. The number of fused-ring (bicyclic) bond motifs is 2. The molecular formula is C24H21ClN2O2S. The molecule has 2 heterocycles. The number of anilines is 1. The van der Waals surface area contributed by atoms with Crippen LogP contribution >= 0.6 is 22.9 Å². The van der Waals surface area contributed by atoms with Gasteiger partial charge in [-0.1, -0.05) is 65.4 Å². The van der Waals surface area contributed by atoms with Crippen molar-refractivity contribution in [1.82, 2.24) is 4.98 Å². The number of thiazole rings is 1. The van der Waals surface area contributed by atoms with Crippen molar-refractivity contribution in [3.8, 4) is 0 Å². The summed E-state index contributed by atoms with van der Waals surface area (Å²) < 4.78 is 6.77. The summed E-state index contributed by atoms with van der Waals surface area (Å²) in [6.45, 7) is 3.24. The number of benzene rings is 3. The number of hydrogen-bond donors (Lipinski definition) is 0. The lowest BCUT2D eigenvalue weighted by Gasteiger charge is -2.23. The normalized spacial score (nSPS) is 16.4. The standard InChI is InChI=1S/C24H21ClN2O2S/c1-15-11-12-20(25)22-21(15)26-24(30-22)27(14-17-8-5-13-29-17)23(28)19-10-4-7-16-6-2-3-9-18(16)19/h2-4,6-7,9-12,17H,5,8,13-14H2,1H3. The zero-order valence-corrected chi connectivity index (χ0v) is 18.2. The summed E-state index contributed by atoms with van der Waals surface area (Å²) in [7, 11) is 0. The number of halogens is 1. The SMILES string of the molecule is Cc1ccc(Cl)c2sc(N(CC3CCCO3)C(=O)c3cccc4ccccc34)nc12. The fourth-order valence-corrected chi connectivity index (χ4v) is 5.33. The zero-order valence-electron chi connectivity index (χ0n) is 16.6. The highest BCUT2D eigenvalue weighted by atomic mass is 35.5. The van der Waals surface area contributed by atoms with E-state index in [2.05, 4.69) is 0 Å². The van der Waals surface area contributed by atoms with E-state index in [-0.39, 0.29) is 12.0 Å². The van der Waals surface area contributed by atoms with Crippen molar-refractivity contribution >= 4 is 55.0 Å². The van der Waals surface area contributed by atoms with Crippen LogP contribution in [0.3, 0.4) is 0 Å². The van der Waals surface area contributed by atoms with Crippen LogP contribution in [0.4, 0.5) is 5.13 Å². The molecule has 1 atom stereocenters. The number of ether oxygens (including phenoxy) is 1. The second-order valence-electron chi connectivity index (χ2n) is 7.62. The molecule has 0 aliphatic carbocycles. The van der Waals surface area contributed by atoms with Crippen LogP contribution in [0.15, 0.2) is 54.6 Å². The topological polar surface area (TPSA) is 42.4 Å². The Morgan fingerprint density at radius 2 is 2.03 bits per heavy atom. The van der Waals surface area contributed by atoms with Crippen molar-refractivity contribution in [1.29, 1.82) is 0 Å². The molecule has 1 aromatic heterocycles. The van der Waals surface area contributed by atoms with Crippen molar-refractivity contribution in [2.75, 3.05) is 18.1 Å². The van der Waals surface area contributed by atoms with Crippen LogP contribution in [0.2, 0.25) is 5.02 Å². The molecule has 152 valence electrons. The third-order valence-corrected chi connectivity index (χ3v) is 7.13. The molecule has 0 spiro atoms. The van der Waals surface area contributed by atoms with Crippen LogP contribution in [0.1, 0.15) is 28.8 Å². The van der Waals surface area contributed by atoms with Crippen molar-refractivity contribution in [3.05, 3.63) is 70.7 Å². The Morgan fingerprint density at radius 3 is 2.83 bits per heavy atom. The summed E-state index contributed by atoms with van der Waals surface area (Å²) >= 11 is 7.90. The van der Waals surface area contributed by atoms with Crippen molar-refractivity contribution in [2.24, 2.45) is 0 Å². The van der Waals surface area contributed by atoms with Gasteiger partial charge in [-0.3, -0.25) is 9.69 Å². The molecule has 0 N–H and O–H groups in total. The first kappa shape index (κ1) is 19.5. The quantitative estimate of drug-likeness (QED) is 0.380. The third-order valence-electron chi connectivity index (χ3n) is 5.59. The van der Waals surface area contributed by atoms with Gasteiger partial charge >= 0.3 is 0 Å². The molecule has 3 aromatic carbocycles. The highest BCUT2D eigenvalue weighted by Gasteiger charge is 2.28. The molecule has 5 rings (SSSR count). The van der Waals surface area contributed by atoms with Crippen molar-refractivity contribution < 1.29 is 9.53 Å². The third kappa shape index (κ3) is 3.47. The molecule has 30 heavy (non-hydrogen) atoms. The number of rotatable bonds is 4. The molecule has 1 amide bonds. The number of aryl methyl sites for hydroxylation is 1. The average molecular weight is 437 g/mol. The lowest BCUT2D eigenvalue weighted by atomic mass is 10.0. The predicted octanol–water partition coefficient (Wildman–Crippen LogP) is 6.24. The molecule has 1 fully saturated rings. The average Bonchev–Trinajstić information content (AvgIpc) is 3.44. The van der Waals surface area contributed by atoms with Gasteiger partial charge in [0.1, 0.15) is 0 Å². The van der Waals surface area contributed by atoms with Crippen LogP contribution in [0.25, 0.3) is 21.0 Å². The Hall–Kier alpha value is -2.47. The maximum absolute atomic E-state index is 13.8. The van der Waals surface area contributed by atoms with Gasteiger partial charge in [0.15, 0.2) is 5.13 Å². The molecule has 1 unspecified atom stereocenters. The number of hydrogen-bond acceptors (Lipinski definition) is 4. The minimum absolute atomic E-state index is 0.0208. The molecule has 0 radical (unpaired) electrons. The van der Waals surface area contributed by atoms with E-state index in [4.69, 9.17) is 21.3 Å². The van der Waals surface area contributed by atoms with Crippen LogP contribution < -0.4 is 4.90 Å². The predicted molar refractivity (Wildman–Crippen MR) is 124 cm³/mol. The number of carbonyl (C=O) groups is 1. The summed E-state index contributed by atoms with van der Waals surface area (Å²) in [5.41, 5.74) is 2.57. The molecule has 4 nitrogen and oxygen atoms in total. The summed E-state index contributed by atoms with van der Waals surface area (Å²) in [6, 6.07) is 17.7. The van der Waals surface area contributed by atoms with Crippen molar-refractivity contribution in [3.63, 3.8) is 0 Å². The Balaban J connectivity index is 1.62. The van der Waals surface area contributed by atoms with E-state index in [0.29, 0.717) is 22.3 Å². The summed E-state index contributed by atoms with van der Waals surface area (Å²) in [4.78, 5) is 20.4. The molecule has 6 heteroatoms. The lowest BCUT2D eigenvalue weighted by molar-refractivity contribution is 0.0919. The zero-order chi connectivity index (χ0) is 20.7. The molecular weight excluding hydrogens is 416 g/mol. The number of carbonyl (C=O) groups excluding carboxylic acids is 1. The fraction of sp³-hybridized carbons (Fsp3) is 0.250. The van der Waals surface area contributed by atoms with E-state index in [1.807, 2.05) is 61.5 Å². The van der Waals surface area contributed by atoms with Gasteiger partial charge in [0, 0.05) is 12.2 Å². The number of nitrogens with zero attached hydrogens (tertiary/aromatic N) is 2. The maximum Gasteiger partial charge on any atom is 0.260 e. The minimum Gasteiger partial charge on any atom is -0.376 e. The van der Waals surface area contributed by atoms with Crippen molar-refractivity contribution in [2.45, 2.75) is 25.9 Å². The molecule has 4 aromatic rings. The molecule has 0 saturated carbocycles. The summed E-state index contributed by atoms with van der Waals surface area (Å²) in [5.74, 6) is -0.0601. The van der Waals surface area contributed by atoms with Gasteiger partial charge in [-0.05, 0) is 48.2 Å². The Kier molecular flexibility index (Phi) is 5.19. The molecule has 1 saturated heterocycles. The lowest BCUT2D eigenvalue weighted by Crippen LogP contribution is -2.37. The van der Waals surface area contributed by atoms with E-state index in [0.717, 1.165) is 46.0 Å². The second-order valence-corrected chi connectivity index (χ2v) is 9.00. The molecule has 0 bridgehead atoms. The summed E-state index contributed by atoms with van der Waals surface area (Å²) in [6.07, 6.45) is 1.99. The second kappa shape index (κ2) is 7.99. The highest BCUT2D eigenvalue weighted by Crippen LogP contribution is 2.37.